The minimum absolute atomic E-state index is 0.0206. The van der Waals surface area contributed by atoms with Crippen LogP contribution < -0.4 is 5.32 Å². The molecule has 5 nitrogen and oxygen atoms in total. The Balaban J connectivity index is 1.89. The predicted molar refractivity (Wildman–Crippen MR) is 95.5 cm³/mol. The van der Waals surface area contributed by atoms with E-state index in [1.807, 2.05) is 0 Å². The molecule has 9 heteroatoms. The number of rotatable bonds is 4. The van der Waals surface area contributed by atoms with Crippen LogP contribution in [0.1, 0.15) is 17.1 Å². The minimum Gasteiger partial charge on any atom is -0.323 e. The zero-order valence-corrected chi connectivity index (χ0v) is 14.5. The lowest BCUT2D eigenvalue weighted by Gasteiger charge is -2.17. The van der Waals surface area contributed by atoms with Gasteiger partial charge in [-0.3, -0.25) is 5.10 Å². The van der Waals surface area contributed by atoms with Crippen LogP contribution >= 0.6 is 0 Å². The Morgan fingerprint density at radius 1 is 1.00 bits per heavy atom. The van der Waals surface area contributed by atoms with E-state index in [2.05, 4.69) is 25.5 Å². The highest BCUT2D eigenvalue weighted by molar-refractivity contribution is 5.91. The lowest BCUT2D eigenvalue weighted by Crippen LogP contribution is -2.20. The zero-order chi connectivity index (χ0) is 19.9. The van der Waals surface area contributed by atoms with Crippen molar-refractivity contribution >= 4 is 22.5 Å². The van der Waals surface area contributed by atoms with Gasteiger partial charge >= 0.3 is 5.92 Å². The molecule has 0 radical (unpaired) electrons. The summed E-state index contributed by atoms with van der Waals surface area (Å²) >= 11 is 0. The first-order chi connectivity index (χ1) is 13.3. The van der Waals surface area contributed by atoms with E-state index >= 15 is 0 Å². The third kappa shape index (κ3) is 3.15. The maximum atomic E-state index is 15.0. The normalized spacial score (nSPS) is 11.8. The summed E-state index contributed by atoms with van der Waals surface area (Å²) in [6, 6.07) is 9.42. The maximum absolute atomic E-state index is 15.0. The van der Waals surface area contributed by atoms with Gasteiger partial charge in [0.25, 0.3) is 0 Å². The van der Waals surface area contributed by atoms with Crippen molar-refractivity contribution in [1.82, 2.24) is 20.2 Å². The molecule has 0 aliphatic carbocycles. The maximum Gasteiger partial charge on any atom is 0.331 e. The third-order valence-electron chi connectivity index (χ3n) is 4.12. The van der Waals surface area contributed by atoms with Crippen LogP contribution in [0.25, 0.3) is 10.9 Å². The SMILES string of the molecule is Cc1cc(Nc2nc(C(F)(F)c3ccc(F)cc3)nc3c(F)cccc23)n[nH]1. The Labute approximate surface area is 156 Å². The summed E-state index contributed by atoms with van der Waals surface area (Å²) in [5.41, 5.74) is -0.0286. The topological polar surface area (TPSA) is 66.5 Å². The number of anilines is 2. The molecule has 0 aliphatic rings. The molecule has 2 heterocycles. The van der Waals surface area contributed by atoms with Crippen molar-refractivity contribution in [2.45, 2.75) is 12.8 Å². The van der Waals surface area contributed by atoms with E-state index in [1.165, 1.54) is 12.1 Å². The minimum atomic E-state index is -3.66. The number of fused-ring (bicyclic) bond motifs is 1. The number of aryl methyl sites for hydroxylation is 1. The molecule has 0 aliphatic heterocycles. The van der Waals surface area contributed by atoms with Crippen LogP contribution in [0.5, 0.6) is 0 Å². The van der Waals surface area contributed by atoms with E-state index in [1.54, 1.807) is 13.0 Å². The fourth-order valence-electron chi connectivity index (χ4n) is 2.74. The van der Waals surface area contributed by atoms with Crippen molar-refractivity contribution in [3.8, 4) is 0 Å². The molecule has 28 heavy (non-hydrogen) atoms. The fraction of sp³-hybridized carbons (Fsp3) is 0.105. The van der Waals surface area contributed by atoms with Crippen LogP contribution in [-0.4, -0.2) is 20.2 Å². The predicted octanol–water partition coefficient (Wildman–Crippen LogP) is 4.82. The number of benzene rings is 2. The number of aromatic nitrogens is 4. The summed E-state index contributed by atoms with van der Waals surface area (Å²) in [7, 11) is 0. The van der Waals surface area contributed by atoms with E-state index in [0.29, 0.717) is 5.82 Å². The molecule has 0 spiro atoms. The highest BCUT2D eigenvalue weighted by Crippen LogP contribution is 2.36. The van der Waals surface area contributed by atoms with Gasteiger partial charge in [0, 0.05) is 22.7 Å². The van der Waals surface area contributed by atoms with Gasteiger partial charge in [-0.2, -0.15) is 13.9 Å². The summed E-state index contributed by atoms with van der Waals surface area (Å²) in [5.74, 6) is -5.68. The summed E-state index contributed by atoms with van der Waals surface area (Å²) < 4.78 is 57.4. The fourth-order valence-corrected chi connectivity index (χ4v) is 2.74. The Morgan fingerprint density at radius 2 is 1.75 bits per heavy atom. The second-order valence-corrected chi connectivity index (χ2v) is 6.17. The molecule has 0 saturated carbocycles. The molecule has 2 aromatic heterocycles. The smallest absolute Gasteiger partial charge is 0.323 e. The number of para-hydroxylation sites is 1. The van der Waals surface area contributed by atoms with Gasteiger partial charge in [-0.25, -0.2) is 18.7 Å². The molecule has 2 N–H and O–H groups in total. The van der Waals surface area contributed by atoms with Crippen molar-refractivity contribution in [2.75, 3.05) is 5.32 Å². The van der Waals surface area contributed by atoms with Crippen molar-refractivity contribution in [3.63, 3.8) is 0 Å². The molecule has 0 fully saturated rings. The van der Waals surface area contributed by atoms with Crippen LogP contribution in [0, 0.1) is 18.6 Å². The molecule has 0 unspecified atom stereocenters. The van der Waals surface area contributed by atoms with Gasteiger partial charge in [0.15, 0.2) is 5.82 Å². The number of aromatic amines is 1. The molecule has 142 valence electrons. The molecule has 0 saturated heterocycles. The number of hydrogen-bond acceptors (Lipinski definition) is 4. The first-order valence-corrected chi connectivity index (χ1v) is 8.24. The number of H-pyrrole nitrogens is 1. The molecule has 4 aromatic rings. The van der Waals surface area contributed by atoms with Crippen LogP contribution in [0.4, 0.5) is 29.2 Å². The van der Waals surface area contributed by atoms with Crippen molar-refractivity contribution in [2.24, 2.45) is 0 Å². The van der Waals surface area contributed by atoms with E-state index < -0.39 is 28.9 Å². The van der Waals surface area contributed by atoms with E-state index in [9.17, 15) is 17.6 Å². The Kier molecular flexibility index (Phi) is 4.21. The first kappa shape index (κ1) is 17.9. The van der Waals surface area contributed by atoms with Gasteiger partial charge in [0.05, 0.1) is 0 Å². The monoisotopic (exact) mass is 387 g/mol. The van der Waals surface area contributed by atoms with Crippen LogP contribution in [-0.2, 0) is 5.92 Å². The summed E-state index contributed by atoms with van der Waals surface area (Å²) in [6.45, 7) is 1.77. The van der Waals surface area contributed by atoms with Crippen LogP contribution in [0.3, 0.4) is 0 Å². The Hall–Kier alpha value is -3.49. The van der Waals surface area contributed by atoms with Gasteiger partial charge in [-0.05, 0) is 43.3 Å². The quantitative estimate of drug-likeness (QED) is 0.493. The van der Waals surface area contributed by atoms with Crippen LogP contribution in [0.15, 0.2) is 48.5 Å². The number of nitrogens with one attached hydrogen (secondary N) is 2. The number of alkyl halides is 2. The van der Waals surface area contributed by atoms with Gasteiger partial charge in [0.1, 0.15) is 23.0 Å². The van der Waals surface area contributed by atoms with Gasteiger partial charge in [-0.1, -0.05) is 6.07 Å². The Bertz CT molecular complexity index is 1150. The second-order valence-electron chi connectivity index (χ2n) is 6.17. The molecule has 2 aromatic carbocycles. The molecule has 0 amide bonds. The van der Waals surface area contributed by atoms with E-state index in [-0.39, 0.29) is 16.7 Å². The highest BCUT2D eigenvalue weighted by atomic mass is 19.3. The largest absolute Gasteiger partial charge is 0.331 e. The van der Waals surface area contributed by atoms with Gasteiger partial charge < -0.3 is 5.32 Å². The van der Waals surface area contributed by atoms with Crippen molar-refractivity contribution in [1.29, 1.82) is 0 Å². The van der Waals surface area contributed by atoms with Crippen LogP contribution in [0.2, 0.25) is 0 Å². The Morgan fingerprint density at radius 3 is 2.43 bits per heavy atom. The lowest BCUT2D eigenvalue weighted by atomic mass is 10.1. The summed E-state index contributed by atoms with van der Waals surface area (Å²) in [4.78, 5) is 7.69. The lowest BCUT2D eigenvalue weighted by molar-refractivity contribution is 0.0332. The average molecular weight is 387 g/mol. The highest BCUT2D eigenvalue weighted by Gasteiger charge is 2.38. The first-order valence-electron chi connectivity index (χ1n) is 8.24. The zero-order valence-electron chi connectivity index (χ0n) is 14.5. The molecular weight excluding hydrogens is 374 g/mol. The van der Waals surface area contributed by atoms with Crippen molar-refractivity contribution < 1.29 is 17.6 Å². The molecular formula is C19H13F4N5. The van der Waals surface area contributed by atoms with Gasteiger partial charge in [0.2, 0.25) is 5.82 Å². The number of halogens is 4. The molecule has 0 bridgehead atoms. The molecule has 4 rings (SSSR count). The van der Waals surface area contributed by atoms with E-state index in [0.717, 1.165) is 36.0 Å². The number of nitrogens with zero attached hydrogens (tertiary/aromatic N) is 3. The molecule has 0 atom stereocenters. The van der Waals surface area contributed by atoms with E-state index in [4.69, 9.17) is 0 Å². The third-order valence-corrected chi connectivity index (χ3v) is 4.12. The standard InChI is InChI=1S/C19H13F4N5/c1-10-9-15(28-27-10)24-17-13-3-2-4-14(21)16(13)25-18(26-17)19(22,23)11-5-7-12(20)8-6-11/h2-9H,1H3,(H2,24,25,26,27,28). The van der Waals surface area contributed by atoms with Gasteiger partial charge in [-0.15, -0.1) is 0 Å². The summed E-state index contributed by atoms with van der Waals surface area (Å²) in [6.07, 6.45) is 0. The van der Waals surface area contributed by atoms with Crippen molar-refractivity contribution in [3.05, 3.63) is 77.2 Å². The number of hydrogen-bond donors (Lipinski definition) is 2. The average Bonchev–Trinajstić information content (AvgIpc) is 3.07. The summed E-state index contributed by atoms with van der Waals surface area (Å²) in [5, 5.41) is 9.73. The second kappa shape index (κ2) is 6.59.